The minimum absolute atomic E-state index is 0.0388. The Morgan fingerprint density at radius 2 is 1.91 bits per heavy atom. The van der Waals surface area contributed by atoms with Crippen LogP contribution in [0.25, 0.3) is 0 Å². The number of fused-ring (bicyclic) bond motifs is 2. The summed E-state index contributed by atoms with van der Waals surface area (Å²) in [5.74, 6) is 0.917. The van der Waals surface area contributed by atoms with Gasteiger partial charge < -0.3 is 19.9 Å². The van der Waals surface area contributed by atoms with Crippen molar-refractivity contribution in [3.63, 3.8) is 0 Å². The second kappa shape index (κ2) is 8.21. The summed E-state index contributed by atoms with van der Waals surface area (Å²) in [7, 11) is 3.61. The van der Waals surface area contributed by atoms with Crippen LogP contribution in [-0.4, -0.2) is 56.2 Å². The molecule has 0 radical (unpaired) electrons. The van der Waals surface area contributed by atoms with Gasteiger partial charge in [-0.15, -0.1) is 0 Å². The van der Waals surface area contributed by atoms with Gasteiger partial charge in [-0.3, -0.25) is 15.0 Å². The molecule has 0 saturated heterocycles. The fourth-order valence-electron chi connectivity index (χ4n) is 4.52. The second-order valence-corrected chi connectivity index (χ2v) is 9.92. The molecule has 33 heavy (non-hydrogen) atoms. The SMILES string of the molecule is CNC(=O)c1cc2c(cc1C)CN(CC(=O)c1cc3c(c(C(C)(C)C)c1)OCCN3C)C2=N. The molecule has 1 amide bonds. The van der Waals surface area contributed by atoms with Crippen molar-refractivity contribution in [3.05, 3.63) is 57.6 Å². The van der Waals surface area contributed by atoms with Crippen molar-refractivity contribution >= 4 is 23.2 Å². The summed E-state index contributed by atoms with van der Waals surface area (Å²) in [6, 6.07) is 7.56. The summed E-state index contributed by atoms with van der Waals surface area (Å²) < 4.78 is 6.00. The number of carbonyl (C=O) groups excluding carboxylic acids is 2. The highest BCUT2D eigenvalue weighted by atomic mass is 16.5. The summed E-state index contributed by atoms with van der Waals surface area (Å²) in [6.45, 7) is 10.2. The third kappa shape index (κ3) is 4.08. The number of benzene rings is 2. The molecule has 7 nitrogen and oxygen atoms in total. The van der Waals surface area contributed by atoms with Gasteiger partial charge >= 0.3 is 0 Å². The van der Waals surface area contributed by atoms with Gasteiger partial charge in [0.15, 0.2) is 5.78 Å². The summed E-state index contributed by atoms with van der Waals surface area (Å²) in [5, 5.41) is 11.3. The number of aryl methyl sites for hydroxylation is 1. The third-order valence-electron chi connectivity index (χ3n) is 6.47. The number of rotatable bonds is 4. The van der Waals surface area contributed by atoms with Gasteiger partial charge in [-0.2, -0.15) is 0 Å². The molecule has 2 aromatic carbocycles. The van der Waals surface area contributed by atoms with Crippen molar-refractivity contribution in [2.45, 2.75) is 39.7 Å². The van der Waals surface area contributed by atoms with Crippen LogP contribution < -0.4 is 15.0 Å². The number of anilines is 1. The zero-order chi connectivity index (χ0) is 24.1. The largest absolute Gasteiger partial charge is 0.489 e. The lowest BCUT2D eigenvalue weighted by Gasteiger charge is -2.33. The van der Waals surface area contributed by atoms with E-state index in [2.05, 4.69) is 31.0 Å². The summed E-state index contributed by atoms with van der Waals surface area (Å²) in [4.78, 5) is 29.5. The van der Waals surface area contributed by atoms with Gasteiger partial charge in [0.25, 0.3) is 5.91 Å². The number of amidine groups is 1. The van der Waals surface area contributed by atoms with Gasteiger partial charge in [0, 0.05) is 42.9 Å². The van der Waals surface area contributed by atoms with E-state index in [9.17, 15) is 9.59 Å². The van der Waals surface area contributed by atoms with Crippen LogP contribution >= 0.6 is 0 Å². The van der Waals surface area contributed by atoms with Crippen molar-refractivity contribution in [2.24, 2.45) is 0 Å². The summed E-state index contributed by atoms with van der Waals surface area (Å²) in [5.41, 5.74) is 5.49. The first kappa shape index (κ1) is 22.8. The van der Waals surface area contributed by atoms with Crippen molar-refractivity contribution in [2.75, 3.05) is 38.7 Å². The van der Waals surface area contributed by atoms with Crippen LogP contribution in [0.4, 0.5) is 5.69 Å². The number of Topliss-reactive ketones (excluding diaryl/α,β-unsaturated/α-hetero) is 1. The molecule has 2 N–H and O–H groups in total. The molecule has 4 rings (SSSR count). The number of likely N-dealkylation sites (N-methyl/N-ethyl adjacent to an activating group) is 1. The Hall–Kier alpha value is -3.35. The Bertz CT molecular complexity index is 1160. The van der Waals surface area contributed by atoms with Crippen LogP contribution in [0.2, 0.25) is 0 Å². The van der Waals surface area contributed by atoms with Crippen molar-refractivity contribution < 1.29 is 14.3 Å². The van der Waals surface area contributed by atoms with Gasteiger partial charge in [-0.1, -0.05) is 26.8 Å². The van der Waals surface area contributed by atoms with E-state index in [1.807, 2.05) is 32.2 Å². The molecule has 0 atom stereocenters. The van der Waals surface area contributed by atoms with Crippen LogP contribution in [0.3, 0.4) is 0 Å². The minimum Gasteiger partial charge on any atom is -0.489 e. The predicted molar refractivity (Wildman–Crippen MR) is 130 cm³/mol. The highest BCUT2D eigenvalue weighted by molar-refractivity contribution is 6.07. The predicted octanol–water partition coefficient (Wildman–Crippen LogP) is 3.50. The molecule has 2 heterocycles. The smallest absolute Gasteiger partial charge is 0.251 e. The molecular formula is C26H32N4O3. The highest BCUT2D eigenvalue weighted by Gasteiger charge is 2.31. The molecule has 0 aliphatic carbocycles. The van der Waals surface area contributed by atoms with Gasteiger partial charge in [0.05, 0.1) is 18.8 Å². The Morgan fingerprint density at radius 1 is 1.18 bits per heavy atom. The van der Waals surface area contributed by atoms with Crippen molar-refractivity contribution in [1.29, 1.82) is 5.41 Å². The Labute approximate surface area is 195 Å². The normalized spacial score (nSPS) is 15.2. The standard InChI is InChI=1S/C26H32N4O3/c1-15-9-17-13-30(24(27)19(17)12-18(15)25(32)28-5)14-22(31)16-10-20(26(2,3)4)23-21(11-16)29(6)7-8-33-23/h9-12,27H,7-8,13-14H2,1-6H3,(H,28,32). The monoisotopic (exact) mass is 448 g/mol. The molecule has 0 unspecified atom stereocenters. The number of ether oxygens (including phenoxy) is 1. The average Bonchev–Trinajstić information content (AvgIpc) is 3.05. The lowest BCUT2D eigenvalue weighted by Crippen LogP contribution is -2.32. The van der Waals surface area contributed by atoms with Crippen LogP contribution in [-0.2, 0) is 12.0 Å². The molecule has 2 aliphatic rings. The lowest BCUT2D eigenvalue weighted by molar-refractivity contribution is 0.0954. The van der Waals surface area contributed by atoms with E-state index in [1.165, 1.54) is 0 Å². The first-order valence-electron chi connectivity index (χ1n) is 11.3. The van der Waals surface area contributed by atoms with E-state index in [0.29, 0.717) is 29.8 Å². The number of nitrogens with zero attached hydrogens (tertiary/aromatic N) is 2. The molecule has 0 fully saturated rings. The van der Waals surface area contributed by atoms with Gasteiger partial charge in [0.2, 0.25) is 0 Å². The maximum absolute atomic E-state index is 13.4. The zero-order valence-electron chi connectivity index (χ0n) is 20.3. The molecule has 0 spiro atoms. The topological polar surface area (TPSA) is 85.7 Å². The van der Waals surface area contributed by atoms with Gasteiger partial charge in [-0.05, 0) is 41.7 Å². The van der Waals surface area contributed by atoms with E-state index in [-0.39, 0.29) is 29.5 Å². The molecule has 174 valence electrons. The number of carbonyl (C=O) groups is 2. The van der Waals surface area contributed by atoms with E-state index in [1.54, 1.807) is 18.0 Å². The first-order valence-corrected chi connectivity index (χ1v) is 11.3. The van der Waals surface area contributed by atoms with E-state index >= 15 is 0 Å². The molecule has 0 saturated carbocycles. The fraction of sp³-hybridized carbons (Fsp3) is 0.423. The van der Waals surface area contributed by atoms with Crippen LogP contribution in [0, 0.1) is 12.3 Å². The van der Waals surface area contributed by atoms with Crippen LogP contribution in [0.15, 0.2) is 24.3 Å². The maximum atomic E-state index is 13.4. The van der Waals surface area contributed by atoms with E-state index in [0.717, 1.165) is 34.7 Å². The number of nitrogens with one attached hydrogen (secondary N) is 2. The van der Waals surface area contributed by atoms with E-state index < -0.39 is 0 Å². The lowest BCUT2D eigenvalue weighted by atomic mass is 9.84. The maximum Gasteiger partial charge on any atom is 0.251 e. The molecule has 0 aromatic heterocycles. The second-order valence-electron chi connectivity index (χ2n) is 9.92. The molecule has 7 heteroatoms. The molecule has 0 bridgehead atoms. The van der Waals surface area contributed by atoms with Gasteiger partial charge in [0.1, 0.15) is 18.2 Å². The summed E-state index contributed by atoms with van der Waals surface area (Å²) >= 11 is 0. The first-order chi connectivity index (χ1) is 15.5. The summed E-state index contributed by atoms with van der Waals surface area (Å²) in [6.07, 6.45) is 0. The average molecular weight is 449 g/mol. The number of amides is 1. The minimum atomic E-state index is -0.178. The zero-order valence-corrected chi connectivity index (χ0v) is 20.3. The molecule has 2 aromatic rings. The number of ketones is 1. The highest BCUT2D eigenvalue weighted by Crippen LogP contribution is 2.41. The van der Waals surface area contributed by atoms with E-state index in [4.69, 9.17) is 10.1 Å². The van der Waals surface area contributed by atoms with Crippen molar-refractivity contribution in [3.8, 4) is 5.75 Å². The van der Waals surface area contributed by atoms with Crippen LogP contribution in [0.1, 0.15) is 63.7 Å². The quantitative estimate of drug-likeness (QED) is 0.699. The Kier molecular flexibility index (Phi) is 5.68. The number of hydrogen-bond acceptors (Lipinski definition) is 5. The van der Waals surface area contributed by atoms with Crippen molar-refractivity contribution in [1.82, 2.24) is 10.2 Å². The Morgan fingerprint density at radius 3 is 2.58 bits per heavy atom. The molecule has 2 aliphatic heterocycles. The third-order valence-corrected chi connectivity index (χ3v) is 6.47. The van der Waals surface area contributed by atoms with Crippen LogP contribution in [0.5, 0.6) is 5.75 Å². The Balaban J connectivity index is 1.63. The van der Waals surface area contributed by atoms with Gasteiger partial charge in [-0.25, -0.2) is 0 Å². The number of hydrogen-bond donors (Lipinski definition) is 2. The fourth-order valence-corrected chi connectivity index (χ4v) is 4.52. The molecular weight excluding hydrogens is 416 g/mol.